The molecule has 0 bridgehead atoms. The van der Waals surface area contributed by atoms with Crippen LogP contribution >= 0.6 is 0 Å². The van der Waals surface area contributed by atoms with E-state index in [-0.39, 0.29) is 6.04 Å². The van der Waals surface area contributed by atoms with Crippen LogP contribution in [0.5, 0.6) is 5.88 Å². The molecule has 6 nitrogen and oxygen atoms in total. The van der Waals surface area contributed by atoms with Gasteiger partial charge in [-0.3, -0.25) is 4.98 Å². The van der Waals surface area contributed by atoms with E-state index in [1.165, 1.54) is 11.9 Å². The van der Waals surface area contributed by atoms with E-state index in [1.54, 1.807) is 7.11 Å². The van der Waals surface area contributed by atoms with Gasteiger partial charge >= 0.3 is 0 Å². The Bertz CT molecular complexity index is 589. The summed E-state index contributed by atoms with van der Waals surface area (Å²) in [7, 11) is 1.56. The Morgan fingerprint density at radius 3 is 2.85 bits per heavy atom. The molecule has 0 saturated carbocycles. The minimum atomic E-state index is 0.278. The number of rotatable bonds is 3. The Morgan fingerprint density at radius 1 is 1.30 bits per heavy atom. The Kier molecular flexibility index (Phi) is 3.37. The van der Waals surface area contributed by atoms with Crippen molar-refractivity contribution >= 4 is 11.5 Å². The third-order valence-electron chi connectivity index (χ3n) is 3.64. The number of pyridine rings is 1. The van der Waals surface area contributed by atoms with Gasteiger partial charge in [-0.2, -0.15) is 4.98 Å². The average Bonchev–Trinajstić information content (AvgIpc) is 2.97. The molecule has 0 aromatic carbocycles. The van der Waals surface area contributed by atoms with Crippen LogP contribution in [-0.2, 0) is 0 Å². The predicted molar refractivity (Wildman–Crippen MR) is 76.6 cm³/mol. The van der Waals surface area contributed by atoms with Gasteiger partial charge in [-0.1, -0.05) is 0 Å². The molecule has 2 aromatic rings. The molecular formula is C14H17N5O. The third-order valence-corrected chi connectivity index (χ3v) is 3.64. The normalized spacial score (nSPS) is 18.2. The summed E-state index contributed by atoms with van der Waals surface area (Å²) >= 11 is 0. The Balaban J connectivity index is 1.97. The average molecular weight is 271 g/mol. The molecule has 104 valence electrons. The van der Waals surface area contributed by atoms with Gasteiger partial charge in [0.15, 0.2) is 5.82 Å². The van der Waals surface area contributed by atoms with Gasteiger partial charge in [0.05, 0.1) is 13.2 Å². The Labute approximate surface area is 117 Å². The van der Waals surface area contributed by atoms with E-state index in [0.717, 1.165) is 25.2 Å². The minimum absolute atomic E-state index is 0.278. The van der Waals surface area contributed by atoms with Crippen LogP contribution in [0.2, 0.25) is 0 Å². The monoisotopic (exact) mass is 271 g/mol. The van der Waals surface area contributed by atoms with Crippen molar-refractivity contribution in [2.45, 2.75) is 18.9 Å². The first-order valence-electron chi connectivity index (χ1n) is 6.62. The number of aromatic nitrogens is 3. The fourth-order valence-corrected chi connectivity index (χ4v) is 2.71. The number of hydrogen-bond acceptors (Lipinski definition) is 6. The van der Waals surface area contributed by atoms with E-state index in [0.29, 0.717) is 11.6 Å². The fraction of sp³-hybridized carbons (Fsp3) is 0.357. The summed E-state index contributed by atoms with van der Waals surface area (Å²) in [6.45, 7) is 0.928. The zero-order valence-corrected chi connectivity index (χ0v) is 11.4. The van der Waals surface area contributed by atoms with Crippen LogP contribution in [0.4, 0.5) is 11.5 Å². The number of ether oxygens (including phenoxy) is 1. The van der Waals surface area contributed by atoms with E-state index < -0.39 is 0 Å². The van der Waals surface area contributed by atoms with Gasteiger partial charge in [0.1, 0.15) is 12.0 Å². The van der Waals surface area contributed by atoms with Crippen molar-refractivity contribution in [3.63, 3.8) is 0 Å². The highest BCUT2D eigenvalue weighted by molar-refractivity contribution is 5.68. The van der Waals surface area contributed by atoms with Gasteiger partial charge in [-0.25, -0.2) is 4.98 Å². The number of methoxy groups -OCH3 is 1. The summed E-state index contributed by atoms with van der Waals surface area (Å²) < 4.78 is 5.17. The molecule has 1 saturated heterocycles. The molecular weight excluding hydrogens is 254 g/mol. The summed E-state index contributed by atoms with van der Waals surface area (Å²) in [5.41, 5.74) is 7.84. The van der Waals surface area contributed by atoms with Crippen molar-refractivity contribution in [2.75, 3.05) is 24.3 Å². The van der Waals surface area contributed by atoms with Gasteiger partial charge in [-0.15, -0.1) is 0 Å². The maximum Gasteiger partial charge on any atom is 0.242 e. The highest BCUT2D eigenvalue weighted by Gasteiger charge is 2.29. The highest BCUT2D eigenvalue weighted by Crippen LogP contribution is 2.39. The molecule has 0 radical (unpaired) electrons. The second-order valence-corrected chi connectivity index (χ2v) is 4.75. The van der Waals surface area contributed by atoms with Gasteiger partial charge < -0.3 is 15.4 Å². The molecule has 2 N–H and O–H groups in total. The zero-order chi connectivity index (χ0) is 13.9. The third kappa shape index (κ3) is 2.13. The van der Waals surface area contributed by atoms with Gasteiger partial charge in [0.25, 0.3) is 0 Å². The summed E-state index contributed by atoms with van der Waals surface area (Å²) in [6, 6.07) is 4.36. The molecule has 1 unspecified atom stereocenters. The van der Waals surface area contributed by atoms with Crippen LogP contribution in [-0.4, -0.2) is 28.6 Å². The number of nitrogen functional groups attached to an aromatic ring is 1. The first-order chi connectivity index (χ1) is 9.81. The lowest BCUT2D eigenvalue weighted by Crippen LogP contribution is -2.25. The molecule has 1 aliphatic heterocycles. The lowest BCUT2D eigenvalue weighted by atomic mass is 10.1. The molecule has 1 atom stereocenters. The van der Waals surface area contributed by atoms with Crippen molar-refractivity contribution in [1.29, 1.82) is 0 Å². The lowest BCUT2D eigenvalue weighted by Gasteiger charge is -2.27. The Morgan fingerprint density at radius 2 is 2.10 bits per heavy atom. The number of hydrogen-bond donors (Lipinski definition) is 1. The second kappa shape index (κ2) is 5.32. The van der Waals surface area contributed by atoms with Crippen molar-refractivity contribution in [2.24, 2.45) is 0 Å². The van der Waals surface area contributed by atoms with Crippen LogP contribution in [0.25, 0.3) is 0 Å². The maximum atomic E-state index is 6.11. The quantitative estimate of drug-likeness (QED) is 0.917. The lowest BCUT2D eigenvalue weighted by molar-refractivity contribution is 0.399. The maximum absolute atomic E-state index is 6.11. The van der Waals surface area contributed by atoms with E-state index in [1.807, 2.05) is 24.5 Å². The van der Waals surface area contributed by atoms with E-state index >= 15 is 0 Å². The summed E-state index contributed by atoms with van der Waals surface area (Å²) in [5, 5.41) is 0. The minimum Gasteiger partial charge on any atom is -0.479 e. The van der Waals surface area contributed by atoms with Crippen LogP contribution in [0.3, 0.4) is 0 Å². The standard InChI is InChI=1S/C14H17N5O/c1-20-14-12(15)13(17-9-18-14)19-8-2-3-11(19)10-4-6-16-7-5-10/h4-7,9,11H,2-3,8,15H2,1H3. The molecule has 20 heavy (non-hydrogen) atoms. The van der Waals surface area contributed by atoms with Crippen LogP contribution in [0.1, 0.15) is 24.4 Å². The molecule has 2 aromatic heterocycles. The smallest absolute Gasteiger partial charge is 0.242 e. The number of anilines is 2. The van der Waals surface area contributed by atoms with Gasteiger partial charge in [0.2, 0.25) is 5.88 Å². The molecule has 0 amide bonds. The zero-order valence-electron chi connectivity index (χ0n) is 11.4. The van der Waals surface area contributed by atoms with E-state index in [2.05, 4.69) is 19.9 Å². The molecule has 1 aliphatic rings. The SMILES string of the molecule is COc1ncnc(N2CCCC2c2ccncc2)c1N. The van der Waals surface area contributed by atoms with E-state index in [9.17, 15) is 0 Å². The van der Waals surface area contributed by atoms with Crippen LogP contribution in [0, 0.1) is 0 Å². The van der Waals surface area contributed by atoms with Gasteiger partial charge in [-0.05, 0) is 30.5 Å². The Hall–Kier alpha value is -2.37. The van der Waals surface area contributed by atoms with Crippen LogP contribution in [0.15, 0.2) is 30.9 Å². The number of nitrogens with two attached hydrogens (primary N) is 1. The topological polar surface area (TPSA) is 77.2 Å². The van der Waals surface area contributed by atoms with Crippen LogP contribution < -0.4 is 15.4 Å². The van der Waals surface area contributed by atoms with Crippen molar-refractivity contribution in [3.8, 4) is 5.88 Å². The fourth-order valence-electron chi connectivity index (χ4n) is 2.71. The molecule has 1 fully saturated rings. The van der Waals surface area contributed by atoms with Crippen molar-refractivity contribution in [3.05, 3.63) is 36.4 Å². The highest BCUT2D eigenvalue weighted by atomic mass is 16.5. The van der Waals surface area contributed by atoms with Gasteiger partial charge in [0, 0.05) is 18.9 Å². The second-order valence-electron chi connectivity index (χ2n) is 4.75. The predicted octanol–water partition coefficient (Wildman–Crippen LogP) is 1.80. The number of nitrogens with zero attached hydrogens (tertiary/aromatic N) is 4. The summed E-state index contributed by atoms with van der Waals surface area (Å²) in [4.78, 5) is 14.7. The molecule has 0 aliphatic carbocycles. The first-order valence-corrected chi connectivity index (χ1v) is 6.62. The molecule has 3 rings (SSSR count). The van der Waals surface area contributed by atoms with Crippen molar-refractivity contribution in [1.82, 2.24) is 15.0 Å². The molecule has 3 heterocycles. The van der Waals surface area contributed by atoms with E-state index in [4.69, 9.17) is 10.5 Å². The summed E-state index contributed by atoms with van der Waals surface area (Å²) in [5.74, 6) is 1.17. The molecule has 6 heteroatoms. The largest absolute Gasteiger partial charge is 0.479 e. The molecule has 0 spiro atoms. The first kappa shape index (κ1) is 12.7. The van der Waals surface area contributed by atoms with Crippen molar-refractivity contribution < 1.29 is 4.74 Å². The summed E-state index contributed by atoms with van der Waals surface area (Å²) in [6.07, 6.45) is 7.31.